The van der Waals surface area contributed by atoms with E-state index in [1.165, 1.54) is 7.11 Å². The van der Waals surface area contributed by atoms with E-state index in [4.69, 9.17) is 9.47 Å². The Balaban J connectivity index is 1.82. The minimum absolute atomic E-state index is 0.270. The molecule has 0 radical (unpaired) electrons. The van der Waals surface area contributed by atoms with Gasteiger partial charge < -0.3 is 20.1 Å². The van der Waals surface area contributed by atoms with Gasteiger partial charge in [0, 0.05) is 6.54 Å². The summed E-state index contributed by atoms with van der Waals surface area (Å²) in [6, 6.07) is 7.24. The molecule has 0 unspecified atom stereocenters. The molecule has 0 heterocycles. The van der Waals surface area contributed by atoms with Gasteiger partial charge in [-0.1, -0.05) is 6.07 Å². The van der Waals surface area contributed by atoms with Crippen LogP contribution < -0.4 is 20.1 Å². The van der Waals surface area contributed by atoms with Crippen molar-refractivity contribution in [2.75, 3.05) is 32.6 Å². The van der Waals surface area contributed by atoms with Crippen molar-refractivity contribution in [3.63, 3.8) is 0 Å². The van der Waals surface area contributed by atoms with Crippen LogP contribution in [0.2, 0.25) is 0 Å². The Bertz CT molecular complexity index is 785. The lowest BCUT2D eigenvalue weighted by Gasteiger charge is -2.11. The van der Waals surface area contributed by atoms with Gasteiger partial charge in [0.25, 0.3) is 0 Å². The van der Waals surface area contributed by atoms with Crippen LogP contribution in [0, 0.1) is 17.5 Å². The van der Waals surface area contributed by atoms with Gasteiger partial charge in [-0.2, -0.15) is 0 Å². The number of ether oxygens (including phenoxy) is 2. The van der Waals surface area contributed by atoms with Crippen LogP contribution in [0.4, 0.5) is 18.9 Å². The normalized spacial score (nSPS) is 10.3. The fourth-order valence-corrected chi connectivity index (χ4v) is 2.28. The second kappa shape index (κ2) is 8.98. The largest absolute Gasteiger partial charge is 0.493 e. The standard InChI is InChI=1S/C18H19F3N2O3/c1-25-14-6-3-11(9-15(14)26-2)7-8-22-16(24)10-23-13-5-4-12(19)17(20)18(13)21/h3-6,9,23H,7-8,10H2,1-2H3,(H,22,24). The smallest absolute Gasteiger partial charge is 0.239 e. The molecule has 0 aliphatic carbocycles. The first-order valence-electron chi connectivity index (χ1n) is 7.81. The molecule has 0 saturated heterocycles. The summed E-state index contributed by atoms with van der Waals surface area (Å²) >= 11 is 0. The first-order chi connectivity index (χ1) is 12.5. The number of nitrogens with one attached hydrogen (secondary N) is 2. The average Bonchev–Trinajstić information content (AvgIpc) is 2.65. The molecule has 2 rings (SSSR count). The summed E-state index contributed by atoms with van der Waals surface area (Å²) in [7, 11) is 3.08. The van der Waals surface area contributed by atoms with Crippen LogP contribution in [0.5, 0.6) is 11.5 Å². The summed E-state index contributed by atoms with van der Waals surface area (Å²) in [5.41, 5.74) is 0.654. The zero-order chi connectivity index (χ0) is 19.1. The fourth-order valence-electron chi connectivity index (χ4n) is 2.28. The molecule has 0 aromatic heterocycles. The van der Waals surface area contributed by atoms with Crippen molar-refractivity contribution in [1.29, 1.82) is 0 Å². The van der Waals surface area contributed by atoms with Crippen LogP contribution in [-0.2, 0) is 11.2 Å². The van der Waals surface area contributed by atoms with Crippen molar-refractivity contribution in [3.8, 4) is 11.5 Å². The Hall–Kier alpha value is -2.90. The Morgan fingerprint density at radius 1 is 1.00 bits per heavy atom. The summed E-state index contributed by atoms with van der Waals surface area (Å²) in [5.74, 6) is -3.43. The van der Waals surface area contributed by atoms with Crippen molar-refractivity contribution in [2.45, 2.75) is 6.42 Å². The Morgan fingerprint density at radius 2 is 1.73 bits per heavy atom. The number of carbonyl (C=O) groups is 1. The third-order valence-corrected chi connectivity index (χ3v) is 3.66. The molecule has 0 aliphatic heterocycles. The van der Waals surface area contributed by atoms with Gasteiger partial charge >= 0.3 is 0 Å². The molecule has 140 valence electrons. The summed E-state index contributed by atoms with van der Waals surface area (Å²) in [6.45, 7) is 0.0736. The average molecular weight is 368 g/mol. The summed E-state index contributed by atoms with van der Waals surface area (Å²) in [5, 5.41) is 5.08. The molecule has 1 amide bonds. The van der Waals surface area contributed by atoms with Crippen LogP contribution in [0.3, 0.4) is 0 Å². The van der Waals surface area contributed by atoms with Crippen LogP contribution in [0.15, 0.2) is 30.3 Å². The van der Waals surface area contributed by atoms with Gasteiger partial charge in [-0.15, -0.1) is 0 Å². The number of rotatable bonds is 8. The first kappa shape index (κ1) is 19.4. The topological polar surface area (TPSA) is 59.6 Å². The van der Waals surface area contributed by atoms with Crippen molar-refractivity contribution >= 4 is 11.6 Å². The zero-order valence-electron chi connectivity index (χ0n) is 14.4. The number of halogens is 3. The van der Waals surface area contributed by atoms with Gasteiger partial charge in [0.1, 0.15) is 0 Å². The first-order valence-corrected chi connectivity index (χ1v) is 7.81. The molecule has 0 saturated carbocycles. The van der Waals surface area contributed by atoms with E-state index >= 15 is 0 Å². The highest BCUT2D eigenvalue weighted by atomic mass is 19.2. The van der Waals surface area contributed by atoms with Gasteiger partial charge in [0.2, 0.25) is 5.91 Å². The number of hydrogen-bond acceptors (Lipinski definition) is 4. The predicted molar refractivity (Wildman–Crippen MR) is 91.1 cm³/mol. The molecule has 26 heavy (non-hydrogen) atoms. The second-order valence-corrected chi connectivity index (χ2v) is 5.37. The molecule has 0 bridgehead atoms. The Labute approximate surface area is 149 Å². The van der Waals surface area contributed by atoms with E-state index in [2.05, 4.69) is 10.6 Å². The van der Waals surface area contributed by atoms with Gasteiger partial charge in [-0.05, 0) is 36.2 Å². The minimum atomic E-state index is -1.58. The van der Waals surface area contributed by atoms with E-state index in [1.54, 1.807) is 19.2 Å². The highest BCUT2D eigenvalue weighted by molar-refractivity contribution is 5.80. The lowest BCUT2D eigenvalue weighted by atomic mass is 10.1. The number of amides is 1. The molecule has 2 aromatic rings. The molecule has 2 aromatic carbocycles. The van der Waals surface area contributed by atoms with Gasteiger partial charge in [-0.25, -0.2) is 13.2 Å². The quantitative estimate of drug-likeness (QED) is 0.704. The molecule has 0 atom stereocenters. The van der Waals surface area contributed by atoms with Gasteiger partial charge in [-0.3, -0.25) is 4.79 Å². The van der Waals surface area contributed by atoms with Crippen molar-refractivity contribution in [2.24, 2.45) is 0 Å². The Kier molecular flexibility index (Phi) is 6.71. The molecule has 5 nitrogen and oxygen atoms in total. The van der Waals surface area contributed by atoms with Crippen molar-refractivity contribution in [1.82, 2.24) is 5.32 Å². The molecule has 2 N–H and O–H groups in total. The number of hydrogen-bond donors (Lipinski definition) is 2. The lowest BCUT2D eigenvalue weighted by molar-refractivity contribution is -0.119. The molecule has 8 heteroatoms. The maximum Gasteiger partial charge on any atom is 0.239 e. The predicted octanol–water partition coefficient (Wildman–Crippen LogP) is 2.89. The van der Waals surface area contributed by atoms with Crippen LogP contribution in [0.25, 0.3) is 0 Å². The Morgan fingerprint density at radius 3 is 2.42 bits per heavy atom. The highest BCUT2D eigenvalue weighted by Crippen LogP contribution is 2.27. The summed E-state index contributed by atoms with van der Waals surface area (Å²) < 4.78 is 49.8. The van der Waals surface area contributed by atoms with Crippen LogP contribution >= 0.6 is 0 Å². The molecular weight excluding hydrogens is 349 g/mol. The fraction of sp³-hybridized carbons (Fsp3) is 0.278. The molecular formula is C18H19F3N2O3. The molecule has 0 aliphatic rings. The number of carbonyl (C=O) groups excluding carboxylic acids is 1. The summed E-state index contributed by atoms with van der Waals surface area (Å²) in [6.07, 6.45) is 0.547. The maximum atomic E-state index is 13.5. The third-order valence-electron chi connectivity index (χ3n) is 3.66. The van der Waals surface area contributed by atoms with Crippen LogP contribution in [-0.4, -0.2) is 33.2 Å². The number of anilines is 1. The maximum absolute atomic E-state index is 13.5. The lowest BCUT2D eigenvalue weighted by Crippen LogP contribution is -2.31. The van der Waals surface area contributed by atoms with E-state index in [0.29, 0.717) is 24.5 Å². The number of benzene rings is 2. The van der Waals surface area contributed by atoms with Crippen molar-refractivity contribution < 1.29 is 27.4 Å². The van der Waals surface area contributed by atoms with Crippen molar-refractivity contribution in [3.05, 3.63) is 53.3 Å². The van der Waals surface area contributed by atoms with Gasteiger partial charge in [0.05, 0.1) is 26.5 Å². The number of methoxy groups -OCH3 is 2. The SMILES string of the molecule is COc1ccc(CCNC(=O)CNc2ccc(F)c(F)c2F)cc1OC. The third kappa shape index (κ3) is 4.81. The molecule has 0 fully saturated rings. The van der Waals surface area contributed by atoms with E-state index in [-0.39, 0.29) is 12.2 Å². The monoisotopic (exact) mass is 368 g/mol. The van der Waals surface area contributed by atoms with Crippen LogP contribution in [0.1, 0.15) is 5.56 Å². The second-order valence-electron chi connectivity index (χ2n) is 5.37. The molecule has 0 spiro atoms. The van der Waals surface area contributed by atoms with E-state index in [9.17, 15) is 18.0 Å². The van der Waals surface area contributed by atoms with E-state index < -0.39 is 23.4 Å². The van der Waals surface area contributed by atoms with Gasteiger partial charge in [0.15, 0.2) is 29.0 Å². The van der Waals surface area contributed by atoms with E-state index in [1.807, 2.05) is 6.07 Å². The minimum Gasteiger partial charge on any atom is -0.493 e. The van der Waals surface area contributed by atoms with E-state index in [0.717, 1.165) is 17.7 Å². The zero-order valence-corrected chi connectivity index (χ0v) is 14.4. The highest BCUT2D eigenvalue weighted by Gasteiger charge is 2.13. The summed E-state index contributed by atoms with van der Waals surface area (Å²) in [4.78, 5) is 11.8.